The zero-order valence-electron chi connectivity index (χ0n) is 14.0. The van der Waals surface area contributed by atoms with E-state index in [0.717, 1.165) is 0 Å². The van der Waals surface area contributed by atoms with Gasteiger partial charge in [0.2, 0.25) is 5.78 Å². The number of primary amides is 1. The van der Waals surface area contributed by atoms with Crippen molar-refractivity contribution in [3.63, 3.8) is 0 Å². The molecule has 0 radical (unpaired) electrons. The first-order chi connectivity index (χ1) is 13.1. The van der Waals surface area contributed by atoms with Gasteiger partial charge in [-0.25, -0.2) is 9.97 Å². The average Bonchev–Trinajstić information content (AvgIpc) is 3.18. The van der Waals surface area contributed by atoms with Gasteiger partial charge in [0.15, 0.2) is 0 Å². The van der Waals surface area contributed by atoms with Crippen LogP contribution in [-0.2, 0) is 16.0 Å². The Bertz CT molecular complexity index is 957. The van der Waals surface area contributed by atoms with Gasteiger partial charge in [-0.1, -0.05) is 0 Å². The molecule has 0 saturated heterocycles. The molecule has 2 amide bonds. The van der Waals surface area contributed by atoms with Gasteiger partial charge in [0.05, 0.1) is 6.20 Å². The minimum absolute atomic E-state index is 0.0893. The second-order valence-electron chi connectivity index (χ2n) is 5.49. The number of carbonyl (C=O) groups is 3. The van der Waals surface area contributed by atoms with Crippen LogP contribution in [0.5, 0.6) is 0 Å². The second kappa shape index (κ2) is 7.95. The lowest BCUT2D eigenvalue weighted by atomic mass is 10.0. The van der Waals surface area contributed by atoms with Crippen molar-refractivity contribution in [2.45, 2.75) is 12.5 Å². The van der Waals surface area contributed by atoms with Crippen molar-refractivity contribution in [1.29, 1.82) is 0 Å². The van der Waals surface area contributed by atoms with Crippen LogP contribution in [0.25, 0.3) is 5.95 Å². The Balaban J connectivity index is 1.84. The summed E-state index contributed by atoms with van der Waals surface area (Å²) in [6.45, 7) is 0. The number of pyridine rings is 1. The minimum Gasteiger partial charge on any atom is -0.363 e. The van der Waals surface area contributed by atoms with Crippen LogP contribution < -0.4 is 11.1 Å². The molecule has 3 aromatic heterocycles. The van der Waals surface area contributed by atoms with E-state index in [1.807, 2.05) is 0 Å². The van der Waals surface area contributed by atoms with Gasteiger partial charge in [0, 0.05) is 31.2 Å². The van der Waals surface area contributed by atoms with Crippen LogP contribution in [0.2, 0.25) is 0 Å². The van der Waals surface area contributed by atoms with Crippen LogP contribution in [0.3, 0.4) is 0 Å². The van der Waals surface area contributed by atoms with Gasteiger partial charge >= 0.3 is 0 Å². The van der Waals surface area contributed by atoms with Crippen molar-refractivity contribution in [2.75, 3.05) is 0 Å². The van der Waals surface area contributed by atoms with E-state index in [-0.39, 0.29) is 18.1 Å². The first-order valence-corrected chi connectivity index (χ1v) is 7.91. The molecule has 3 aromatic rings. The number of Topliss-reactive ketones (excluding diaryl/α,β-unsaturated/α-hetero) is 1. The molecule has 0 aliphatic heterocycles. The molecule has 27 heavy (non-hydrogen) atoms. The first kappa shape index (κ1) is 17.9. The van der Waals surface area contributed by atoms with Crippen molar-refractivity contribution >= 4 is 17.6 Å². The van der Waals surface area contributed by atoms with Crippen molar-refractivity contribution in [2.24, 2.45) is 5.73 Å². The van der Waals surface area contributed by atoms with E-state index in [2.05, 4.69) is 25.4 Å². The summed E-state index contributed by atoms with van der Waals surface area (Å²) in [5.74, 6) is -2.45. The monoisotopic (exact) mass is 365 g/mol. The zero-order valence-corrected chi connectivity index (χ0v) is 14.0. The molecule has 0 spiro atoms. The lowest BCUT2D eigenvalue weighted by molar-refractivity contribution is -0.137. The number of aromatic nitrogens is 5. The van der Waals surface area contributed by atoms with Crippen molar-refractivity contribution < 1.29 is 14.4 Å². The Morgan fingerprint density at radius 2 is 1.74 bits per heavy atom. The number of nitrogens with two attached hydrogens (primary N) is 1. The van der Waals surface area contributed by atoms with E-state index >= 15 is 0 Å². The quantitative estimate of drug-likeness (QED) is 0.534. The molecule has 3 N–H and O–H groups in total. The van der Waals surface area contributed by atoms with E-state index in [9.17, 15) is 14.4 Å². The molecule has 0 bridgehead atoms. The molecule has 0 aromatic carbocycles. The first-order valence-electron chi connectivity index (χ1n) is 7.91. The van der Waals surface area contributed by atoms with Gasteiger partial charge in [-0.2, -0.15) is 9.78 Å². The summed E-state index contributed by atoms with van der Waals surface area (Å²) in [4.78, 5) is 48.2. The van der Waals surface area contributed by atoms with E-state index < -0.39 is 23.6 Å². The Hall–Kier alpha value is -3.95. The van der Waals surface area contributed by atoms with E-state index in [4.69, 9.17) is 5.73 Å². The number of hydrogen-bond donors (Lipinski definition) is 2. The molecular weight excluding hydrogens is 350 g/mol. The number of nitrogens with zero attached hydrogens (tertiary/aromatic N) is 5. The van der Waals surface area contributed by atoms with E-state index in [1.54, 1.807) is 30.6 Å². The van der Waals surface area contributed by atoms with Gasteiger partial charge in [-0.3, -0.25) is 19.4 Å². The third-order valence-corrected chi connectivity index (χ3v) is 3.67. The summed E-state index contributed by atoms with van der Waals surface area (Å²) in [6, 6.07) is 5.30. The number of carbonyl (C=O) groups excluding carboxylic acids is 3. The third-order valence-electron chi connectivity index (χ3n) is 3.67. The molecule has 136 valence electrons. The van der Waals surface area contributed by atoms with Gasteiger partial charge < -0.3 is 11.1 Å². The standard InChI is InChI=1S/C17H15N7O3/c18-15(26)14(25)12(10-11-2-7-19-8-3-11)23-16(27)13-4-9-22-24(13)17-20-5-1-6-21-17/h1-9,12H,10H2,(H2,18,26)(H,23,27). The average molecular weight is 365 g/mol. The maximum Gasteiger partial charge on any atom is 0.287 e. The molecule has 3 heterocycles. The van der Waals surface area contributed by atoms with Gasteiger partial charge in [-0.15, -0.1) is 0 Å². The molecule has 1 atom stereocenters. The number of ketones is 1. The fourth-order valence-corrected chi connectivity index (χ4v) is 2.40. The Morgan fingerprint density at radius 1 is 1.04 bits per heavy atom. The van der Waals surface area contributed by atoms with Crippen LogP contribution in [-0.4, -0.2) is 48.4 Å². The molecule has 0 fully saturated rings. The van der Waals surface area contributed by atoms with Crippen molar-refractivity contribution in [3.05, 3.63) is 66.5 Å². The molecule has 10 nitrogen and oxygen atoms in total. The molecule has 0 aliphatic carbocycles. The molecule has 1 unspecified atom stereocenters. The minimum atomic E-state index is -1.13. The summed E-state index contributed by atoms with van der Waals surface area (Å²) in [5.41, 5.74) is 5.94. The largest absolute Gasteiger partial charge is 0.363 e. The summed E-state index contributed by atoms with van der Waals surface area (Å²) in [5, 5.41) is 6.56. The normalized spacial score (nSPS) is 11.6. The van der Waals surface area contributed by atoms with E-state index in [1.165, 1.54) is 29.3 Å². The van der Waals surface area contributed by atoms with Gasteiger partial charge in [0.25, 0.3) is 17.8 Å². The van der Waals surface area contributed by atoms with Crippen LogP contribution in [0.15, 0.2) is 55.2 Å². The van der Waals surface area contributed by atoms with Crippen molar-refractivity contribution in [1.82, 2.24) is 30.0 Å². The Morgan fingerprint density at radius 3 is 2.41 bits per heavy atom. The number of nitrogens with one attached hydrogen (secondary N) is 1. The SMILES string of the molecule is NC(=O)C(=O)C(Cc1ccncc1)NC(=O)c1ccnn1-c1ncccn1. The van der Waals surface area contributed by atoms with Crippen LogP contribution in [0, 0.1) is 0 Å². The molecular formula is C17H15N7O3. The number of rotatable bonds is 7. The van der Waals surface area contributed by atoms with Crippen LogP contribution >= 0.6 is 0 Å². The molecule has 0 saturated carbocycles. The Labute approximate surface area is 153 Å². The van der Waals surface area contributed by atoms with E-state index in [0.29, 0.717) is 5.56 Å². The summed E-state index contributed by atoms with van der Waals surface area (Å²) in [6.07, 6.45) is 7.60. The number of amides is 2. The van der Waals surface area contributed by atoms with Crippen molar-refractivity contribution in [3.8, 4) is 5.95 Å². The third kappa shape index (κ3) is 4.18. The predicted molar refractivity (Wildman–Crippen MR) is 92.6 cm³/mol. The smallest absolute Gasteiger partial charge is 0.287 e. The highest BCUT2D eigenvalue weighted by molar-refractivity contribution is 6.38. The predicted octanol–water partition coefficient (Wildman–Crippen LogP) is -0.547. The Kier molecular flexibility index (Phi) is 5.26. The molecule has 10 heteroatoms. The van der Waals surface area contributed by atoms with Crippen LogP contribution in [0.1, 0.15) is 16.1 Å². The highest BCUT2D eigenvalue weighted by Gasteiger charge is 2.27. The zero-order chi connectivity index (χ0) is 19.2. The number of hydrogen-bond acceptors (Lipinski definition) is 7. The summed E-state index contributed by atoms with van der Waals surface area (Å²) < 4.78 is 1.23. The summed E-state index contributed by atoms with van der Waals surface area (Å²) in [7, 11) is 0. The van der Waals surface area contributed by atoms with Crippen LogP contribution in [0.4, 0.5) is 0 Å². The topological polar surface area (TPSA) is 146 Å². The van der Waals surface area contributed by atoms with Gasteiger partial charge in [0.1, 0.15) is 11.7 Å². The second-order valence-corrected chi connectivity index (χ2v) is 5.49. The summed E-state index contributed by atoms with van der Waals surface area (Å²) >= 11 is 0. The maximum atomic E-state index is 12.7. The molecule has 3 rings (SSSR count). The van der Waals surface area contributed by atoms with Gasteiger partial charge in [-0.05, 0) is 29.8 Å². The molecule has 0 aliphatic rings. The highest BCUT2D eigenvalue weighted by atomic mass is 16.2. The lowest BCUT2D eigenvalue weighted by Crippen LogP contribution is -2.47. The fourth-order valence-electron chi connectivity index (χ4n) is 2.40. The maximum absolute atomic E-state index is 12.7. The fraction of sp³-hybridized carbons (Fsp3) is 0.118. The highest BCUT2D eigenvalue weighted by Crippen LogP contribution is 2.08. The lowest BCUT2D eigenvalue weighted by Gasteiger charge is -2.16.